The Morgan fingerprint density at radius 3 is 2.42 bits per heavy atom. The molecule has 2 heterocycles. The van der Waals surface area contributed by atoms with Gasteiger partial charge in [0.15, 0.2) is 5.95 Å². The number of terminal acetylenes is 1. The monoisotopic (exact) mass is 548 g/mol. The molecule has 2 aromatic rings. The van der Waals surface area contributed by atoms with Gasteiger partial charge in [-0.3, -0.25) is 9.59 Å². The second-order valence-corrected chi connectivity index (χ2v) is 10.6. The van der Waals surface area contributed by atoms with Gasteiger partial charge in [0.2, 0.25) is 6.41 Å². The molecule has 1 aromatic heterocycles. The molecule has 40 heavy (non-hydrogen) atoms. The van der Waals surface area contributed by atoms with E-state index in [0.29, 0.717) is 30.9 Å². The largest absolute Gasteiger partial charge is 0.478 e. The summed E-state index contributed by atoms with van der Waals surface area (Å²) < 4.78 is 0. The number of nitrogen functional groups attached to an aromatic ring is 1. The average Bonchev–Trinajstić information content (AvgIpc) is 3.09. The van der Waals surface area contributed by atoms with Crippen molar-refractivity contribution in [3.8, 4) is 12.8 Å². The lowest BCUT2D eigenvalue weighted by Crippen LogP contribution is -2.32. The molecule has 10 heteroatoms. The van der Waals surface area contributed by atoms with Crippen molar-refractivity contribution in [1.29, 1.82) is 0 Å². The number of amides is 2. The maximum Gasteiger partial charge on any atom is 0.337 e. The van der Waals surface area contributed by atoms with Crippen LogP contribution in [0.25, 0.3) is 12.2 Å². The Morgan fingerprint density at radius 2 is 1.82 bits per heavy atom. The Hall–Kier alpha value is -4.52. The average molecular weight is 549 g/mol. The summed E-state index contributed by atoms with van der Waals surface area (Å²) in [6.45, 7) is 8.41. The third kappa shape index (κ3) is 9.66. The van der Waals surface area contributed by atoms with E-state index in [-0.39, 0.29) is 16.9 Å². The van der Waals surface area contributed by atoms with E-state index in [1.165, 1.54) is 18.9 Å². The number of aromatic carboxylic acids is 1. The van der Waals surface area contributed by atoms with Crippen molar-refractivity contribution in [3.05, 3.63) is 51.8 Å². The second-order valence-electron chi connectivity index (χ2n) is 10.6. The molecule has 0 bridgehead atoms. The van der Waals surface area contributed by atoms with Gasteiger partial charge in [0.1, 0.15) is 0 Å². The highest BCUT2D eigenvalue weighted by Gasteiger charge is 2.20. The number of nitrogens with zero attached hydrogens (tertiary/aromatic N) is 2. The molecule has 6 N–H and O–H groups in total. The van der Waals surface area contributed by atoms with Crippen LogP contribution in [0.1, 0.15) is 73.6 Å². The van der Waals surface area contributed by atoms with Crippen molar-refractivity contribution in [3.63, 3.8) is 0 Å². The first-order valence-corrected chi connectivity index (χ1v) is 13.2. The molecule has 1 fully saturated rings. The van der Waals surface area contributed by atoms with Gasteiger partial charge in [0, 0.05) is 37.3 Å². The highest BCUT2D eigenvalue weighted by molar-refractivity contribution is 6.00. The van der Waals surface area contributed by atoms with Crippen molar-refractivity contribution >= 4 is 42.1 Å². The molecular weight excluding hydrogens is 508 g/mol. The molecular formula is C30H40N6O4. The minimum Gasteiger partial charge on any atom is -0.478 e. The van der Waals surface area contributed by atoms with Gasteiger partial charge in [-0.25, -0.2) is 9.78 Å². The summed E-state index contributed by atoms with van der Waals surface area (Å²) >= 11 is 0. The Kier molecular flexibility index (Phi) is 12.0. The van der Waals surface area contributed by atoms with Crippen molar-refractivity contribution < 1.29 is 19.5 Å². The number of allylic oxidation sites excluding steroid dienone is 2. The van der Waals surface area contributed by atoms with E-state index in [1.807, 2.05) is 39.0 Å². The lowest BCUT2D eigenvalue weighted by atomic mass is 9.97. The Morgan fingerprint density at radius 1 is 1.15 bits per heavy atom. The number of fused-ring (bicyclic) bond motifs is 1. The summed E-state index contributed by atoms with van der Waals surface area (Å²) in [6, 6.07) is 5.01. The van der Waals surface area contributed by atoms with Crippen molar-refractivity contribution in [2.24, 2.45) is 5.41 Å². The number of imidazole rings is 1. The number of aromatic nitrogens is 2. The number of H-pyrrole nitrogens is 1. The van der Waals surface area contributed by atoms with E-state index in [0.717, 1.165) is 48.0 Å². The van der Waals surface area contributed by atoms with Crippen molar-refractivity contribution in [2.75, 3.05) is 30.3 Å². The van der Waals surface area contributed by atoms with Crippen molar-refractivity contribution in [2.45, 2.75) is 52.9 Å². The number of hydrogen-bond donors (Lipinski definition) is 5. The number of carbonyl (C=O) groups excluding carboxylic acids is 2. The van der Waals surface area contributed by atoms with Crippen LogP contribution in [-0.4, -0.2) is 53.0 Å². The summed E-state index contributed by atoms with van der Waals surface area (Å²) in [6.07, 6.45) is 19.4. The first-order chi connectivity index (χ1) is 19.1. The molecule has 214 valence electrons. The third-order valence-corrected chi connectivity index (χ3v) is 6.21. The molecule has 1 saturated heterocycles. The maximum absolute atomic E-state index is 12.3. The number of carbonyl (C=O) groups is 3. The molecule has 2 amide bonds. The Bertz CT molecular complexity index is 1340. The number of anilines is 2. The van der Waals surface area contributed by atoms with Gasteiger partial charge >= 0.3 is 5.97 Å². The number of nitrogens with two attached hydrogens (primary N) is 1. The van der Waals surface area contributed by atoms with Crippen LogP contribution in [-0.2, 0) is 4.79 Å². The zero-order chi connectivity index (χ0) is 29.7. The van der Waals surface area contributed by atoms with E-state index < -0.39 is 5.97 Å². The smallest absolute Gasteiger partial charge is 0.337 e. The molecule has 0 unspecified atom stereocenters. The van der Waals surface area contributed by atoms with Crippen LogP contribution in [0.5, 0.6) is 0 Å². The van der Waals surface area contributed by atoms with Gasteiger partial charge < -0.3 is 31.4 Å². The molecule has 1 aliphatic carbocycles. The zero-order valence-corrected chi connectivity index (χ0v) is 23.5. The maximum atomic E-state index is 12.3. The topological polar surface area (TPSA) is 153 Å². The van der Waals surface area contributed by atoms with Gasteiger partial charge in [0.05, 0.1) is 21.9 Å². The third-order valence-electron chi connectivity index (χ3n) is 6.21. The van der Waals surface area contributed by atoms with Crippen LogP contribution in [0.4, 0.5) is 11.6 Å². The highest BCUT2D eigenvalue weighted by atomic mass is 16.4. The van der Waals surface area contributed by atoms with Crippen LogP contribution >= 0.6 is 0 Å². The van der Waals surface area contributed by atoms with E-state index >= 15 is 0 Å². The van der Waals surface area contributed by atoms with Gasteiger partial charge in [-0.1, -0.05) is 39.7 Å². The summed E-state index contributed by atoms with van der Waals surface area (Å²) in [7, 11) is 0. The molecule has 0 spiro atoms. The number of nitrogens with one attached hydrogen (secondary N) is 3. The number of rotatable bonds is 6. The molecule has 0 saturated carbocycles. The lowest BCUT2D eigenvalue weighted by molar-refractivity contribution is -0.108. The van der Waals surface area contributed by atoms with E-state index in [9.17, 15) is 19.5 Å². The van der Waals surface area contributed by atoms with Crippen LogP contribution in [0, 0.1) is 18.3 Å². The number of benzene rings is 1. The van der Waals surface area contributed by atoms with Crippen LogP contribution in [0.15, 0.2) is 30.0 Å². The van der Waals surface area contributed by atoms with Gasteiger partial charge in [-0.2, -0.15) is 0 Å². The minimum absolute atomic E-state index is 0.0166. The van der Waals surface area contributed by atoms with Gasteiger partial charge in [-0.05, 0) is 48.6 Å². The first kappa shape index (κ1) is 31.7. The molecule has 1 aromatic carbocycles. The molecule has 10 nitrogen and oxygen atoms in total. The minimum atomic E-state index is -0.986. The van der Waals surface area contributed by atoms with E-state index in [1.54, 1.807) is 12.1 Å². The fourth-order valence-corrected chi connectivity index (χ4v) is 4.23. The second kappa shape index (κ2) is 15.2. The molecule has 1 aliphatic heterocycles. The van der Waals surface area contributed by atoms with Gasteiger partial charge in [-0.15, -0.1) is 12.8 Å². The summed E-state index contributed by atoms with van der Waals surface area (Å²) in [4.78, 5) is 43.3. The zero-order valence-electron chi connectivity index (χ0n) is 23.5. The Labute approximate surface area is 235 Å². The fourth-order valence-electron chi connectivity index (χ4n) is 4.23. The van der Waals surface area contributed by atoms with Crippen LogP contribution in [0.2, 0.25) is 0 Å². The molecule has 0 atom stereocenters. The number of hydrogen-bond acceptors (Lipinski definition) is 6. The first-order valence-electron chi connectivity index (χ1n) is 13.2. The standard InChI is InChI=1S/C19H28N2O3.C9H10N4O.C2H2/c1-19(2,3)13-20-17(22)14-8-9-16(15(12-14)18(23)24)21-10-6-4-5-7-11-21;10-9-12-7-3-1-6(11-5-14)2-4-8(7)13-9;1-2/h8-9,12H,4-7,10-11,13H2,1-3H3,(H,20,22)(H,23,24);1,3-5H,2H2,(H,11,14)(H3,10,12,13);1-2H. The summed E-state index contributed by atoms with van der Waals surface area (Å²) in [5.41, 5.74) is 7.65. The van der Waals surface area contributed by atoms with Crippen molar-refractivity contribution in [1.82, 2.24) is 20.6 Å². The number of carboxylic acids is 1. The van der Waals surface area contributed by atoms with Crippen LogP contribution in [0.3, 0.4) is 0 Å². The number of carboxylic acid groups (broad SMARTS) is 1. The summed E-state index contributed by atoms with van der Waals surface area (Å²) in [5.74, 6) is -0.808. The lowest BCUT2D eigenvalue weighted by Gasteiger charge is -2.25. The summed E-state index contributed by atoms with van der Waals surface area (Å²) in [5, 5.41) is 16.7. The quantitative estimate of drug-likeness (QED) is 0.274. The number of aromatic amines is 1. The predicted molar refractivity (Wildman–Crippen MR) is 159 cm³/mol. The van der Waals surface area contributed by atoms with Gasteiger partial charge in [0.25, 0.3) is 5.91 Å². The van der Waals surface area contributed by atoms with E-state index in [4.69, 9.17) is 5.73 Å². The SMILES string of the molecule is C#C.CC(C)(C)CNC(=O)c1ccc(N2CCCCCC2)c(C(=O)O)c1.Nc1nc2c([nH]1)=CC=C(NC=O)CC=2. The predicted octanol–water partition coefficient (Wildman–Crippen LogP) is 2.38. The molecule has 4 rings (SSSR count). The van der Waals surface area contributed by atoms with E-state index in [2.05, 4.69) is 38.3 Å². The van der Waals surface area contributed by atoms with Crippen LogP contribution < -0.4 is 32.0 Å². The Balaban J connectivity index is 0.000000296. The molecule has 0 radical (unpaired) electrons. The molecule has 2 aliphatic rings. The normalized spacial score (nSPS) is 14.4. The highest BCUT2D eigenvalue weighted by Crippen LogP contribution is 2.25. The fraction of sp³-hybridized carbons (Fsp3) is 0.400.